The predicted molar refractivity (Wildman–Crippen MR) is 90.7 cm³/mol. The molecule has 0 saturated heterocycles. The Bertz CT molecular complexity index is 915. The average molecular weight is 339 g/mol. The number of aromatic nitrogens is 3. The largest absolute Gasteiger partial charge is 0.350 e. The molecule has 0 fully saturated rings. The van der Waals surface area contributed by atoms with Crippen LogP contribution in [0.25, 0.3) is 0 Å². The van der Waals surface area contributed by atoms with Gasteiger partial charge in [-0.2, -0.15) is 10.1 Å². The van der Waals surface area contributed by atoms with Gasteiger partial charge >= 0.3 is 0 Å². The van der Waals surface area contributed by atoms with Crippen LogP contribution in [0.5, 0.6) is 0 Å². The Balaban J connectivity index is 1.56. The summed E-state index contributed by atoms with van der Waals surface area (Å²) in [7, 11) is 0. The number of rotatable bonds is 3. The molecule has 126 valence electrons. The standard InChI is InChI=1S/C18H15F2N5/c19-14-5-6-16(15(20)9-14)22-18-23-17(10-21-24-18)25-8-7-12-3-1-2-4-13(12)11-25/h1-6,9-10H,7-8,11H2,(H,22,23,24). The molecule has 3 aromatic rings. The number of benzene rings is 2. The third-order valence-corrected chi connectivity index (χ3v) is 4.18. The van der Waals surface area contributed by atoms with E-state index in [0.29, 0.717) is 5.82 Å². The number of halogens is 2. The molecule has 25 heavy (non-hydrogen) atoms. The maximum absolute atomic E-state index is 13.8. The molecule has 1 aliphatic rings. The van der Waals surface area contributed by atoms with Crippen LogP contribution < -0.4 is 10.2 Å². The monoisotopic (exact) mass is 339 g/mol. The SMILES string of the molecule is Fc1ccc(Nc2nncc(N3CCc4ccccc4C3)n2)c(F)c1. The molecule has 1 aromatic heterocycles. The number of nitrogens with one attached hydrogen (secondary N) is 1. The van der Waals surface area contributed by atoms with Crippen molar-refractivity contribution < 1.29 is 8.78 Å². The normalized spacial score (nSPS) is 13.4. The summed E-state index contributed by atoms with van der Waals surface area (Å²) in [6.45, 7) is 1.55. The Morgan fingerprint density at radius 3 is 2.72 bits per heavy atom. The van der Waals surface area contributed by atoms with Crippen molar-refractivity contribution in [2.75, 3.05) is 16.8 Å². The van der Waals surface area contributed by atoms with Crippen molar-refractivity contribution in [1.82, 2.24) is 15.2 Å². The lowest BCUT2D eigenvalue weighted by molar-refractivity contribution is 0.586. The molecule has 1 N–H and O–H groups in total. The van der Waals surface area contributed by atoms with E-state index in [1.165, 1.54) is 23.3 Å². The highest BCUT2D eigenvalue weighted by molar-refractivity contribution is 5.55. The van der Waals surface area contributed by atoms with Crippen LogP contribution in [-0.2, 0) is 13.0 Å². The van der Waals surface area contributed by atoms with Gasteiger partial charge in [-0.1, -0.05) is 24.3 Å². The van der Waals surface area contributed by atoms with Crippen molar-refractivity contribution in [3.05, 3.63) is 71.4 Å². The summed E-state index contributed by atoms with van der Waals surface area (Å²) in [6.07, 6.45) is 2.51. The van der Waals surface area contributed by atoms with Crippen LogP contribution in [0.1, 0.15) is 11.1 Å². The molecule has 0 radical (unpaired) electrons. The molecule has 7 heteroatoms. The quantitative estimate of drug-likeness (QED) is 0.792. The van der Waals surface area contributed by atoms with E-state index < -0.39 is 11.6 Å². The fourth-order valence-electron chi connectivity index (χ4n) is 2.90. The van der Waals surface area contributed by atoms with Gasteiger partial charge in [0.05, 0.1) is 11.9 Å². The van der Waals surface area contributed by atoms with Gasteiger partial charge in [-0.05, 0) is 29.7 Å². The van der Waals surface area contributed by atoms with E-state index in [4.69, 9.17) is 0 Å². The number of fused-ring (bicyclic) bond motifs is 1. The van der Waals surface area contributed by atoms with Gasteiger partial charge in [0.15, 0.2) is 5.82 Å². The van der Waals surface area contributed by atoms with E-state index in [1.807, 2.05) is 12.1 Å². The highest BCUT2D eigenvalue weighted by Gasteiger charge is 2.18. The first-order valence-corrected chi connectivity index (χ1v) is 7.92. The summed E-state index contributed by atoms with van der Waals surface area (Å²) in [5.41, 5.74) is 2.70. The second kappa shape index (κ2) is 6.43. The Kier molecular flexibility index (Phi) is 3.97. The maximum atomic E-state index is 13.8. The smallest absolute Gasteiger partial charge is 0.249 e. The summed E-state index contributed by atoms with van der Waals surface area (Å²) in [5, 5.41) is 10.6. The third-order valence-electron chi connectivity index (χ3n) is 4.18. The minimum Gasteiger partial charge on any atom is -0.350 e. The summed E-state index contributed by atoms with van der Waals surface area (Å²) >= 11 is 0. The van der Waals surface area contributed by atoms with Crippen LogP contribution in [-0.4, -0.2) is 21.7 Å². The second-order valence-corrected chi connectivity index (χ2v) is 5.83. The van der Waals surface area contributed by atoms with Crippen LogP contribution in [0.4, 0.5) is 26.2 Å². The van der Waals surface area contributed by atoms with Gasteiger partial charge in [-0.25, -0.2) is 8.78 Å². The van der Waals surface area contributed by atoms with Crippen LogP contribution >= 0.6 is 0 Å². The second-order valence-electron chi connectivity index (χ2n) is 5.83. The Hall–Kier alpha value is -3.09. The highest BCUT2D eigenvalue weighted by Crippen LogP contribution is 2.24. The highest BCUT2D eigenvalue weighted by atomic mass is 19.1. The molecule has 0 amide bonds. The van der Waals surface area contributed by atoms with E-state index >= 15 is 0 Å². The molecule has 1 aliphatic heterocycles. The lowest BCUT2D eigenvalue weighted by atomic mass is 10.0. The molecular formula is C18H15F2N5. The maximum Gasteiger partial charge on any atom is 0.249 e. The summed E-state index contributed by atoms with van der Waals surface area (Å²) < 4.78 is 26.8. The van der Waals surface area contributed by atoms with Crippen molar-refractivity contribution in [2.24, 2.45) is 0 Å². The zero-order chi connectivity index (χ0) is 17.2. The number of hydrogen-bond acceptors (Lipinski definition) is 5. The molecule has 2 aromatic carbocycles. The molecular weight excluding hydrogens is 324 g/mol. The molecule has 2 heterocycles. The van der Waals surface area contributed by atoms with Crippen LogP contribution in [0.15, 0.2) is 48.7 Å². The Morgan fingerprint density at radius 1 is 1.04 bits per heavy atom. The lowest BCUT2D eigenvalue weighted by Crippen LogP contribution is -2.31. The van der Waals surface area contributed by atoms with Gasteiger partial charge in [-0.15, -0.1) is 5.10 Å². The zero-order valence-corrected chi connectivity index (χ0v) is 13.3. The molecule has 0 aliphatic carbocycles. The minimum absolute atomic E-state index is 0.101. The first-order valence-electron chi connectivity index (χ1n) is 7.92. The fourth-order valence-corrected chi connectivity index (χ4v) is 2.90. The van der Waals surface area contributed by atoms with Crippen molar-refractivity contribution in [3.63, 3.8) is 0 Å². The van der Waals surface area contributed by atoms with Crippen LogP contribution in [0.3, 0.4) is 0 Å². The molecule has 0 bridgehead atoms. The van der Waals surface area contributed by atoms with Gasteiger partial charge < -0.3 is 10.2 Å². The van der Waals surface area contributed by atoms with Gasteiger partial charge in [0.25, 0.3) is 0 Å². The summed E-state index contributed by atoms with van der Waals surface area (Å²) in [6, 6.07) is 11.6. The molecule has 4 rings (SSSR count). The van der Waals surface area contributed by atoms with Gasteiger partial charge in [0.2, 0.25) is 5.95 Å². The first-order chi connectivity index (χ1) is 12.2. The summed E-state index contributed by atoms with van der Waals surface area (Å²) in [4.78, 5) is 6.51. The fraction of sp³-hybridized carbons (Fsp3) is 0.167. The molecule has 0 saturated carbocycles. The topological polar surface area (TPSA) is 53.9 Å². The van der Waals surface area contributed by atoms with E-state index in [1.54, 1.807) is 6.20 Å². The van der Waals surface area contributed by atoms with Crippen molar-refractivity contribution in [3.8, 4) is 0 Å². The lowest BCUT2D eigenvalue weighted by Gasteiger charge is -2.29. The molecule has 5 nitrogen and oxygen atoms in total. The van der Waals surface area contributed by atoms with Gasteiger partial charge in [-0.3, -0.25) is 0 Å². The van der Waals surface area contributed by atoms with Crippen molar-refractivity contribution >= 4 is 17.5 Å². The van der Waals surface area contributed by atoms with E-state index in [-0.39, 0.29) is 11.6 Å². The first kappa shape index (κ1) is 15.4. The average Bonchev–Trinajstić information content (AvgIpc) is 2.64. The summed E-state index contributed by atoms with van der Waals surface area (Å²) in [5.74, 6) is -0.514. The van der Waals surface area contributed by atoms with Crippen LogP contribution in [0.2, 0.25) is 0 Å². The van der Waals surface area contributed by atoms with Gasteiger partial charge in [0.1, 0.15) is 11.6 Å². The van der Waals surface area contributed by atoms with E-state index in [9.17, 15) is 8.78 Å². The predicted octanol–water partition coefficient (Wildman–Crippen LogP) is 3.46. The molecule has 0 unspecified atom stereocenters. The van der Waals surface area contributed by atoms with Crippen molar-refractivity contribution in [1.29, 1.82) is 0 Å². The molecule has 0 atom stereocenters. The Morgan fingerprint density at radius 2 is 1.88 bits per heavy atom. The zero-order valence-electron chi connectivity index (χ0n) is 13.3. The van der Waals surface area contributed by atoms with E-state index in [0.717, 1.165) is 25.6 Å². The minimum atomic E-state index is -0.707. The number of hydrogen-bond donors (Lipinski definition) is 1. The Labute approximate surface area is 143 Å². The van der Waals surface area contributed by atoms with E-state index in [2.05, 4.69) is 37.5 Å². The van der Waals surface area contributed by atoms with Crippen LogP contribution in [0, 0.1) is 11.6 Å². The van der Waals surface area contributed by atoms with Gasteiger partial charge in [0, 0.05) is 19.2 Å². The van der Waals surface area contributed by atoms with Crippen molar-refractivity contribution in [2.45, 2.75) is 13.0 Å². The molecule has 0 spiro atoms. The number of anilines is 3. The third kappa shape index (κ3) is 3.26. The number of nitrogens with zero attached hydrogens (tertiary/aromatic N) is 4.